The first-order valence-electron chi connectivity index (χ1n) is 9.25. The number of nitrogens with one attached hydrogen (secondary N) is 2. The summed E-state index contributed by atoms with van der Waals surface area (Å²) in [7, 11) is 0. The molecule has 4 aromatic rings. The molecule has 1 aliphatic rings. The van der Waals surface area contributed by atoms with Crippen molar-refractivity contribution in [3.05, 3.63) is 88.0 Å². The van der Waals surface area contributed by atoms with Crippen LogP contribution in [-0.4, -0.2) is 16.5 Å². The molecule has 1 aliphatic heterocycles. The second kappa shape index (κ2) is 6.76. The fraction of sp³-hybridized carbons (Fsp3) is 0.182. The molecular formula is C22H20N3OS+. The highest BCUT2D eigenvalue weighted by atomic mass is 32.1. The molecule has 0 radical (unpaired) electrons. The van der Waals surface area contributed by atoms with E-state index in [1.165, 1.54) is 16.0 Å². The Labute approximate surface area is 161 Å². The Morgan fingerprint density at radius 3 is 2.67 bits per heavy atom. The summed E-state index contributed by atoms with van der Waals surface area (Å²) in [6.07, 6.45) is 1.08. The van der Waals surface area contributed by atoms with Gasteiger partial charge in [0.1, 0.15) is 17.9 Å². The van der Waals surface area contributed by atoms with Gasteiger partial charge in [-0.25, -0.2) is 4.98 Å². The van der Waals surface area contributed by atoms with Gasteiger partial charge in [0.2, 0.25) is 0 Å². The van der Waals surface area contributed by atoms with Crippen molar-refractivity contribution in [2.45, 2.75) is 19.5 Å². The van der Waals surface area contributed by atoms with Gasteiger partial charge in [0, 0.05) is 16.9 Å². The van der Waals surface area contributed by atoms with E-state index in [-0.39, 0.29) is 5.56 Å². The highest BCUT2D eigenvalue weighted by Crippen LogP contribution is 2.30. The Morgan fingerprint density at radius 2 is 1.81 bits per heavy atom. The fourth-order valence-corrected chi connectivity index (χ4v) is 4.89. The van der Waals surface area contributed by atoms with Crippen LogP contribution in [-0.2, 0) is 19.5 Å². The van der Waals surface area contributed by atoms with Crippen molar-refractivity contribution in [3.8, 4) is 10.4 Å². The van der Waals surface area contributed by atoms with Crippen molar-refractivity contribution in [3.63, 3.8) is 0 Å². The molecule has 0 saturated carbocycles. The lowest BCUT2D eigenvalue weighted by Crippen LogP contribution is -3.10. The van der Waals surface area contributed by atoms with E-state index < -0.39 is 0 Å². The van der Waals surface area contributed by atoms with Crippen molar-refractivity contribution >= 4 is 21.6 Å². The third-order valence-corrected chi connectivity index (χ3v) is 6.31. The fourth-order valence-electron chi connectivity index (χ4n) is 3.84. The molecule has 5 heteroatoms. The first-order valence-corrected chi connectivity index (χ1v) is 10.1. The van der Waals surface area contributed by atoms with Crippen LogP contribution in [0.15, 0.2) is 65.5 Å². The molecule has 5 rings (SSSR count). The predicted octanol–water partition coefficient (Wildman–Crippen LogP) is 2.79. The lowest BCUT2D eigenvalue weighted by atomic mass is 10.00. The standard InChI is InChI=1S/C22H19N3OS/c26-21-18-12-19(16-7-2-1-3-8-16)27-22(18)24-20(23-21)14-25-11-10-15-6-4-5-9-17(15)13-25/h1-9,12H,10-11,13-14H2,(H,23,24,26)/p+1. The molecule has 134 valence electrons. The first kappa shape index (κ1) is 16.4. The van der Waals surface area contributed by atoms with E-state index in [0.717, 1.165) is 47.2 Å². The Morgan fingerprint density at radius 1 is 1.04 bits per heavy atom. The Balaban J connectivity index is 1.44. The molecule has 27 heavy (non-hydrogen) atoms. The van der Waals surface area contributed by atoms with Crippen LogP contribution in [0.1, 0.15) is 17.0 Å². The molecule has 4 nitrogen and oxygen atoms in total. The Bertz CT molecular complexity index is 1160. The molecule has 1 atom stereocenters. The predicted molar refractivity (Wildman–Crippen MR) is 109 cm³/mol. The van der Waals surface area contributed by atoms with E-state index >= 15 is 0 Å². The monoisotopic (exact) mass is 374 g/mol. The highest BCUT2D eigenvalue weighted by molar-refractivity contribution is 7.21. The molecule has 0 bridgehead atoms. The van der Waals surface area contributed by atoms with Crippen molar-refractivity contribution in [1.29, 1.82) is 0 Å². The largest absolute Gasteiger partial charge is 0.325 e. The summed E-state index contributed by atoms with van der Waals surface area (Å²) in [4.78, 5) is 23.7. The van der Waals surface area contributed by atoms with Crippen LogP contribution in [0, 0.1) is 0 Å². The lowest BCUT2D eigenvalue weighted by Gasteiger charge is -2.25. The van der Waals surface area contributed by atoms with Crippen molar-refractivity contribution in [2.75, 3.05) is 6.54 Å². The summed E-state index contributed by atoms with van der Waals surface area (Å²) in [6, 6.07) is 20.7. The van der Waals surface area contributed by atoms with Gasteiger partial charge in [-0.2, -0.15) is 0 Å². The SMILES string of the molecule is O=c1[nH]c(C[NH+]2CCc3ccccc3C2)nc2sc(-c3ccccc3)cc12. The molecule has 3 heterocycles. The first-order chi connectivity index (χ1) is 13.3. The van der Waals surface area contributed by atoms with Gasteiger partial charge < -0.3 is 9.88 Å². The van der Waals surface area contributed by atoms with E-state index in [4.69, 9.17) is 4.98 Å². The van der Waals surface area contributed by atoms with Crippen LogP contribution in [0.5, 0.6) is 0 Å². The third-order valence-electron chi connectivity index (χ3n) is 5.23. The van der Waals surface area contributed by atoms with E-state index in [2.05, 4.69) is 41.4 Å². The van der Waals surface area contributed by atoms with E-state index in [1.54, 1.807) is 11.3 Å². The third kappa shape index (κ3) is 3.20. The Kier molecular flexibility index (Phi) is 4.11. The summed E-state index contributed by atoms with van der Waals surface area (Å²) in [5.41, 5.74) is 3.94. The average molecular weight is 374 g/mol. The lowest BCUT2D eigenvalue weighted by molar-refractivity contribution is -0.930. The second-order valence-electron chi connectivity index (χ2n) is 7.08. The van der Waals surface area contributed by atoms with Crippen LogP contribution >= 0.6 is 11.3 Å². The van der Waals surface area contributed by atoms with Gasteiger partial charge in [0.15, 0.2) is 5.82 Å². The summed E-state index contributed by atoms with van der Waals surface area (Å²) in [5.74, 6) is 0.781. The number of thiophene rings is 1. The zero-order valence-corrected chi connectivity index (χ0v) is 15.7. The molecule has 0 spiro atoms. The van der Waals surface area contributed by atoms with Gasteiger partial charge in [-0.3, -0.25) is 4.79 Å². The van der Waals surface area contributed by atoms with E-state index in [1.807, 2.05) is 24.3 Å². The van der Waals surface area contributed by atoms with Gasteiger partial charge in [0.25, 0.3) is 5.56 Å². The molecule has 1 unspecified atom stereocenters. The number of aromatic amines is 1. The van der Waals surface area contributed by atoms with Gasteiger partial charge in [0.05, 0.1) is 11.9 Å². The molecule has 2 aromatic heterocycles. The van der Waals surface area contributed by atoms with Crippen LogP contribution < -0.4 is 10.5 Å². The van der Waals surface area contributed by atoms with Crippen LogP contribution in [0.25, 0.3) is 20.7 Å². The molecule has 0 saturated heterocycles. The number of hydrogen-bond donors (Lipinski definition) is 2. The minimum atomic E-state index is -0.0368. The van der Waals surface area contributed by atoms with Gasteiger partial charge in [-0.1, -0.05) is 54.6 Å². The molecule has 0 aliphatic carbocycles. The van der Waals surface area contributed by atoms with E-state index in [9.17, 15) is 4.79 Å². The number of quaternary nitrogens is 1. The average Bonchev–Trinajstić information content (AvgIpc) is 3.13. The van der Waals surface area contributed by atoms with E-state index in [0.29, 0.717) is 5.39 Å². The number of nitrogens with zero attached hydrogens (tertiary/aromatic N) is 1. The van der Waals surface area contributed by atoms with Gasteiger partial charge in [-0.15, -0.1) is 11.3 Å². The Hall–Kier alpha value is -2.76. The van der Waals surface area contributed by atoms with Gasteiger partial charge in [-0.05, 0) is 17.2 Å². The topological polar surface area (TPSA) is 50.2 Å². The van der Waals surface area contributed by atoms with Crippen molar-refractivity contribution in [2.24, 2.45) is 0 Å². The quantitative estimate of drug-likeness (QED) is 0.579. The van der Waals surface area contributed by atoms with Crippen LogP contribution in [0.3, 0.4) is 0 Å². The number of benzene rings is 2. The minimum absolute atomic E-state index is 0.0368. The molecule has 2 N–H and O–H groups in total. The normalized spacial score (nSPS) is 16.4. The number of fused-ring (bicyclic) bond motifs is 2. The summed E-state index contributed by atoms with van der Waals surface area (Å²) in [6.45, 7) is 2.80. The smallest absolute Gasteiger partial charge is 0.259 e. The maximum absolute atomic E-state index is 12.6. The summed E-state index contributed by atoms with van der Waals surface area (Å²) in [5, 5.41) is 0.682. The zero-order valence-electron chi connectivity index (χ0n) is 14.9. The van der Waals surface area contributed by atoms with Crippen molar-refractivity contribution < 1.29 is 4.90 Å². The highest BCUT2D eigenvalue weighted by Gasteiger charge is 2.20. The van der Waals surface area contributed by atoms with Gasteiger partial charge >= 0.3 is 0 Å². The molecule has 0 amide bonds. The minimum Gasteiger partial charge on any atom is -0.325 e. The zero-order chi connectivity index (χ0) is 18.2. The molecule has 0 fully saturated rings. The number of hydrogen-bond acceptors (Lipinski definition) is 3. The molecule has 2 aromatic carbocycles. The second-order valence-corrected chi connectivity index (χ2v) is 8.11. The molecular weight excluding hydrogens is 354 g/mol. The number of rotatable bonds is 3. The summed E-state index contributed by atoms with van der Waals surface area (Å²) < 4.78 is 0. The maximum Gasteiger partial charge on any atom is 0.259 e. The van der Waals surface area contributed by atoms with Crippen LogP contribution in [0.2, 0.25) is 0 Å². The van der Waals surface area contributed by atoms with Crippen molar-refractivity contribution in [1.82, 2.24) is 9.97 Å². The summed E-state index contributed by atoms with van der Waals surface area (Å²) >= 11 is 1.59. The maximum atomic E-state index is 12.6. The number of aromatic nitrogens is 2. The number of H-pyrrole nitrogens is 1. The van der Waals surface area contributed by atoms with Crippen LogP contribution in [0.4, 0.5) is 0 Å².